The minimum atomic E-state index is -0.569. The molecular formula is C30H27NO6S. The standard InChI is InChI=1S/C30H27NO6S/c1-18-27(30(33)35-12-11-34-21-6-3-2-4-7-21)28(19-9-10-24-25(16-19)37-17-36-24)29-22(31-18)14-20(15-23(29)32)26-8-5-13-38-26/h2-10,13,16,20,28,31H,11-12,14-15,17H2,1H3/t20-,28-/m1/s1. The number of rotatable bonds is 7. The Morgan fingerprint density at radius 3 is 2.68 bits per heavy atom. The van der Waals surface area contributed by atoms with Crippen LogP contribution in [-0.2, 0) is 14.3 Å². The Morgan fingerprint density at radius 2 is 1.87 bits per heavy atom. The molecule has 2 aromatic carbocycles. The van der Waals surface area contributed by atoms with Crippen molar-refractivity contribution in [3.63, 3.8) is 0 Å². The lowest BCUT2D eigenvalue weighted by Gasteiger charge is -2.36. The largest absolute Gasteiger partial charge is 0.490 e. The first kappa shape index (κ1) is 24.3. The van der Waals surface area contributed by atoms with Gasteiger partial charge in [0, 0.05) is 40.1 Å². The topological polar surface area (TPSA) is 83.1 Å². The van der Waals surface area contributed by atoms with E-state index in [1.807, 2.05) is 66.9 Å². The Morgan fingerprint density at radius 1 is 1.03 bits per heavy atom. The van der Waals surface area contributed by atoms with Crippen LogP contribution >= 0.6 is 11.3 Å². The highest BCUT2D eigenvalue weighted by atomic mass is 32.1. The number of allylic oxidation sites excluding steroid dienone is 3. The van der Waals surface area contributed by atoms with E-state index in [0.717, 1.165) is 11.3 Å². The zero-order chi connectivity index (χ0) is 26.1. The Balaban J connectivity index is 1.29. The zero-order valence-electron chi connectivity index (χ0n) is 20.9. The minimum Gasteiger partial charge on any atom is -0.490 e. The second kappa shape index (κ2) is 10.4. The van der Waals surface area contributed by atoms with Crippen molar-refractivity contribution in [1.29, 1.82) is 0 Å². The summed E-state index contributed by atoms with van der Waals surface area (Å²) in [6.07, 6.45) is 1.10. The number of carbonyl (C=O) groups is 2. The van der Waals surface area contributed by atoms with Crippen LogP contribution in [0.25, 0.3) is 0 Å². The first-order valence-corrected chi connectivity index (χ1v) is 13.5. The fourth-order valence-corrected chi connectivity index (χ4v) is 6.18. The average Bonchev–Trinajstić information content (AvgIpc) is 3.63. The molecule has 0 amide bonds. The Kier molecular flexibility index (Phi) is 6.64. The summed E-state index contributed by atoms with van der Waals surface area (Å²) in [6.45, 7) is 2.31. The highest BCUT2D eigenvalue weighted by Gasteiger charge is 2.42. The Bertz CT molecular complexity index is 1430. The number of Topliss-reactive ketones (excluding diaryl/α,β-unsaturated/α-hetero) is 1. The summed E-state index contributed by atoms with van der Waals surface area (Å²) in [5.41, 5.74) is 3.38. The number of para-hydroxylation sites is 1. The molecule has 3 heterocycles. The SMILES string of the molecule is CC1=C(C(=O)OCCOc2ccccc2)[C@@H](c2ccc3c(c2)OCO3)C2=C(C[C@@H](c3cccs3)CC2=O)N1. The van der Waals surface area contributed by atoms with Crippen LogP contribution in [0.5, 0.6) is 17.2 Å². The van der Waals surface area contributed by atoms with Crippen molar-refractivity contribution in [2.45, 2.75) is 31.6 Å². The monoisotopic (exact) mass is 529 g/mol. The molecule has 0 unspecified atom stereocenters. The molecule has 0 spiro atoms. The van der Waals surface area contributed by atoms with Crippen molar-refractivity contribution in [3.8, 4) is 17.2 Å². The molecule has 1 aromatic heterocycles. The van der Waals surface area contributed by atoms with Crippen LogP contribution in [0.4, 0.5) is 0 Å². The summed E-state index contributed by atoms with van der Waals surface area (Å²) in [6, 6.07) is 19.0. The van der Waals surface area contributed by atoms with E-state index < -0.39 is 11.9 Å². The predicted molar refractivity (Wildman–Crippen MR) is 142 cm³/mol. The van der Waals surface area contributed by atoms with Gasteiger partial charge in [-0.3, -0.25) is 4.79 Å². The molecule has 38 heavy (non-hydrogen) atoms. The molecule has 194 valence electrons. The van der Waals surface area contributed by atoms with Gasteiger partial charge in [0.1, 0.15) is 19.0 Å². The first-order valence-electron chi connectivity index (χ1n) is 12.6. The summed E-state index contributed by atoms with van der Waals surface area (Å²) < 4.78 is 22.5. The lowest BCUT2D eigenvalue weighted by molar-refractivity contribution is -0.140. The van der Waals surface area contributed by atoms with Crippen molar-refractivity contribution in [2.24, 2.45) is 0 Å². The normalized spacial score (nSPS) is 20.2. The number of ketones is 1. The molecule has 2 aliphatic heterocycles. The minimum absolute atomic E-state index is 0.0324. The van der Waals surface area contributed by atoms with E-state index in [1.165, 1.54) is 4.88 Å². The molecule has 2 atom stereocenters. The zero-order valence-corrected chi connectivity index (χ0v) is 21.7. The third kappa shape index (κ3) is 4.67. The molecule has 0 radical (unpaired) electrons. The average molecular weight is 530 g/mol. The van der Waals surface area contributed by atoms with E-state index in [1.54, 1.807) is 11.3 Å². The van der Waals surface area contributed by atoms with Gasteiger partial charge in [-0.1, -0.05) is 30.3 Å². The predicted octanol–water partition coefficient (Wildman–Crippen LogP) is 5.46. The van der Waals surface area contributed by atoms with Gasteiger partial charge in [0.15, 0.2) is 17.3 Å². The number of hydrogen-bond acceptors (Lipinski definition) is 8. The molecule has 1 N–H and O–H groups in total. The summed E-state index contributed by atoms with van der Waals surface area (Å²) in [5.74, 6) is 1.05. The van der Waals surface area contributed by atoms with Crippen LogP contribution < -0.4 is 19.5 Å². The lowest BCUT2D eigenvalue weighted by Crippen LogP contribution is -2.36. The summed E-state index contributed by atoms with van der Waals surface area (Å²) in [7, 11) is 0. The lowest BCUT2D eigenvalue weighted by atomic mass is 9.72. The number of ether oxygens (including phenoxy) is 4. The number of benzene rings is 2. The van der Waals surface area contributed by atoms with Gasteiger partial charge < -0.3 is 24.3 Å². The van der Waals surface area contributed by atoms with Crippen LogP contribution in [0.15, 0.2) is 88.6 Å². The Hall–Kier alpha value is -4.04. The maximum atomic E-state index is 13.7. The third-order valence-electron chi connectivity index (χ3n) is 7.05. The third-order valence-corrected chi connectivity index (χ3v) is 8.09. The van der Waals surface area contributed by atoms with E-state index in [9.17, 15) is 9.59 Å². The van der Waals surface area contributed by atoms with E-state index in [-0.39, 0.29) is 31.7 Å². The van der Waals surface area contributed by atoms with Crippen LogP contribution in [0, 0.1) is 0 Å². The van der Waals surface area contributed by atoms with Crippen molar-refractivity contribution in [1.82, 2.24) is 5.32 Å². The molecule has 0 bridgehead atoms. The second-order valence-electron chi connectivity index (χ2n) is 9.44. The highest BCUT2D eigenvalue weighted by Crippen LogP contribution is 2.47. The van der Waals surface area contributed by atoms with E-state index in [0.29, 0.717) is 46.9 Å². The van der Waals surface area contributed by atoms with Gasteiger partial charge in [-0.05, 0) is 54.6 Å². The van der Waals surface area contributed by atoms with Crippen molar-refractivity contribution in [2.75, 3.05) is 20.0 Å². The second-order valence-corrected chi connectivity index (χ2v) is 10.4. The summed E-state index contributed by atoms with van der Waals surface area (Å²) in [5, 5.41) is 5.43. The molecule has 0 saturated carbocycles. The molecule has 8 heteroatoms. The summed E-state index contributed by atoms with van der Waals surface area (Å²) in [4.78, 5) is 28.4. The molecule has 0 saturated heterocycles. The molecular weight excluding hydrogens is 502 g/mol. The van der Waals surface area contributed by atoms with Crippen LogP contribution in [0.2, 0.25) is 0 Å². The van der Waals surface area contributed by atoms with Crippen molar-refractivity contribution >= 4 is 23.1 Å². The van der Waals surface area contributed by atoms with Crippen LogP contribution in [0.3, 0.4) is 0 Å². The quantitative estimate of drug-likeness (QED) is 0.321. The van der Waals surface area contributed by atoms with Gasteiger partial charge in [-0.25, -0.2) is 4.79 Å². The number of dihydropyridines is 1. The molecule has 0 fully saturated rings. The van der Waals surface area contributed by atoms with Gasteiger partial charge in [0.25, 0.3) is 0 Å². The smallest absolute Gasteiger partial charge is 0.336 e. The number of carbonyl (C=O) groups excluding carboxylic acids is 2. The van der Waals surface area contributed by atoms with Gasteiger partial charge in [-0.2, -0.15) is 0 Å². The molecule has 6 rings (SSSR count). The van der Waals surface area contributed by atoms with Gasteiger partial charge >= 0.3 is 5.97 Å². The Labute approximate surface area is 224 Å². The molecule has 3 aliphatic rings. The van der Waals surface area contributed by atoms with Crippen molar-refractivity contribution < 1.29 is 28.5 Å². The number of nitrogens with one attached hydrogen (secondary N) is 1. The van der Waals surface area contributed by atoms with Crippen LogP contribution in [0.1, 0.15) is 42.0 Å². The number of hydrogen-bond donors (Lipinski definition) is 1. The van der Waals surface area contributed by atoms with Gasteiger partial charge in [0.2, 0.25) is 6.79 Å². The van der Waals surface area contributed by atoms with Gasteiger partial charge in [-0.15, -0.1) is 11.3 Å². The molecule has 7 nitrogen and oxygen atoms in total. The highest BCUT2D eigenvalue weighted by molar-refractivity contribution is 7.10. The molecule has 3 aromatic rings. The number of fused-ring (bicyclic) bond motifs is 1. The van der Waals surface area contributed by atoms with Crippen LogP contribution in [-0.4, -0.2) is 31.8 Å². The van der Waals surface area contributed by atoms with Gasteiger partial charge in [0.05, 0.1) is 5.57 Å². The molecule has 1 aliphatic carbocycles. The summed E-state index contributed by atoms with van der Waals surface area (Å²) >= 11 is 1.67. The number of thiophene rings is 1. The first-order chi connectivity index (χ1) is 18.6. The maximum Gasteiger partial charge on any atom is 0.336 e. The fourth-order valence-electron chi connectivity index (χ4n) is 5.35. The maximum absolute atomic E-state index is 13.7. The van der Waals surface area contributed by atoms with E-state index >= 15 is 0 Å². The fraction of sp³-hybridized carbons (Fsp3) is 0.267. The number of esters is 1. The van der Waals surface area contributed by atoms with E-state index in [4.69, 9.17) is 18.9 Å². The van der Waals surface area contributed by atoms with E-state index in [2.05, 4.69) is 11.4 Å². The van der Waals surface area contributed by atoms with Crippen molar-refractivity contribution in [3.05, 3.63) is 99.0 Å².